The Kier molecular flexibility index (Phi) is 5.36. The van der Waals surface area contributed by atoms with Crippen LogP contribution in [0.3, 0.4) is 0 Å². The third-order valence-corrected chi connectivity index (χ3v) is 3.02. The average Bonchev–Trinajstić information content (AvgIpc) is 2.55. The quantitative estimate of drug-likeness (QED) is 0.674. The van der Waals surface area contributed by atoms with E-state index in [1.165, 1.54) is 31.2 Å². The molecule has 0 unspecified atom stereocenters. The number of carbonyl (C=O) groups excluding carboxylic acids is 3. The van der Waals surface area contributed by atoms with Crippen molar-refractivity contribution in [1.29, 1.82) is 0 Å². The highest BCUT2D eigenvalue weighted by Crippen LogP contribution is 2.12. The fourth-order valence-corrected chi connectivity index (χ4v) is 1.86. The fourth-order valence-electron chi connectivity index (χ4n) is 1.86. The summed E-state index contributed by atoms with van der Waals surface area (Å²) in [6, 6.07) is 8.55. The molecule has 0 aliphatic heterocycles. The maximum atomic E-state index is 13.1. The van der Waals surface area contributed by atoms with E-state index in [1.807, 2.05) is 0 Å². The molecule has 0 atom stereocenters. The van der Waals surface area contributed by atoms with Crippen molar-refractivity contribution in [3.05, 3.63) is 65.2 Å². The summed E-state index contributed by atoms with van der Waals surface area (Å²) in [6.45, 7) is 0.753. The Morgan fingerprint density at radius 1 is 0.958 bits per heavy atom. The summed E-state index contributed by atoms with van der Waals surface area (Å²) in [7, 11) is 0. The zero-order valence-corrected chi connectivity index (χ0v) is 12.6. The second-order valence-electron chi connectivity index (χ2n) is 4.89. The Bertz CT molecular complexity index is 788. The Morgan fingerprint density at radius 2 is 1.58 bits per heavy atom. The third-order valence-electron chi connectivity index (χ3n) is 3.02. The molecular weight excluding hydrogens is 320 g/mol. The summed E-state index contributed by atoms with van der Waals surface area (Å²) in [5.41, 5.74) is 0.599. The Labute approximate surface area is 136 Å². The highest BCUT2D eigenvalue weighted by molar-refractivity contribution is 5.99. The number of rotatable bonds is 5. The highest BCUT2D eigenvalue weighted by Gasteiger charge is 2.14. The predicted molar refractivity (Wildman–Crippen MR) is 81.7 cm³/mol. The van der Waals surface area contributed by atoms with Gasteiger partial charge >= 0.3 is 5.97 Å². The van der Waals surface area contributed by atoms with Gasteiger partial charge in [0, 0.05) is 18.2 Å². The molecule has 0 saturated carbocycles. The number of benzene rings is 2. The molecule has 5 nitrogen and oxygen atoms in total. The molecule has 124 valence electrons. The zero-order chi connectivity index (χ0) is 17.7. The van der Waals surface area contributed by atoms with E-state index in [0.717, 1.165) is 18.2 Å². The minimum atomic E-state index is -1.15. The lowest BCUT2D eigenvalue weighted by Gasteiger charge is -2.06. The largest absolute Gasteiger partial charge is 0.454 e. The van der Waals surface area contributed by atoms with E-state index in [0.29, 0.717) is 5.69 Å². The molecule has 0 saturated heterocycles. The summed E-state index contributed by atoms with van der Waals surface area (Å²) in [5.74, 6) is -3.87. The van der Waals surface area contributed by atoms with E-state index in [1.54, 1.807) is 0 Å². The Hall–Kier alpha value is -3.09. The molecule has 0 heterocycles. The van der Waals surface area contributed by atoms with Crippen LogP contribution in [0, 0.1) is 11.6 Å². The van der Waals surface area contributed by atoms with Gasteiger partial charge in [0.05, 0.1) is 5.56 Å². The van der Waals surface area contributed by atoms with Gasteiger partial charge in [0.15, 0.2) is 24.0 Å². The van der Waals surface area contributed by atoms with Gasteiger partial charge in [0.1, 0.15) is 0 Å². The van der Waals surface area contributed by atoms with Crippen LogP contribution in [0.25, 0.3) is 0 Å². The summed E-state index contributed by atoms with van der Waals surface area (Å²) < 4.78 is 30.7. The molecule has 2 aromatic carbocycles. The second kappa shape index (κ2) is 7.45. The summed E-state index contributed by atoms with van der Waals surface area (Å²) >= 11 is 0. The molecule has 0 aliphatic carbocycles. The molecule has 2 rings (SSSR count). The van der Waals surface area contributed by atoms with Crippen LogP contribution in [0.5, 0.6) is 0 Å². The van der Waals surface area contributed by atoms with Crippen molar-refractivity contribution in [2.75, 3.05) is 11.9 Å². The third kappa shape index (κ3) is 4.45. The van der Waals surface area contributed by atoms with Crippen LogP contribution in [-0.4, -0.2) is 24.3 Å². The van der Waals surface area contributed by atoms with Crippen molar-refractivity contribution in [2.45, 2.75) is 6.92 Å². The Morgan fingerprint density at radius 3 is 2.17 bits per heavy atom. The van der Waals surface area contributed by atoms with E-state index in [4.69, 9.17) is 4.74 Å². The smallest absolute Gasteiger partial charge is 0.338 e. The minimum absolute atomic E-state index is 0.0947. The second-order valence-corrected chi connectivity index (χ2v) is 4.89. The minimum Gasteiger partial charge on any atom is -0.454 e. The molecule has 24 heavy (non-hydrogen) atoms. The van der Waals surface area contributed by atoms with E-state index >= 15 is 0 Å². The molecule has 0 fully saturated rings. The van der Waals surface area contributed by atoms with Crippen LogP contribution in [0.15, 0.2) is 42.5 Å². The molecule has 7 heteroatoms. The van der Waals surface area contributed by atoms with E-state index in [2.05, 4.69) is 5.32 Å². The van der Waals surface area contributed by atoms with Crippen molar-refractivity contribution in [2.24, 2.45) is 0 Å². The first-order valence-corrected chi connectivity index (χ1v) is 6.90. The van der Waals surface area contributed by atoms with Gasteiger partial charge in [-0.25, -0.2) is 13.6 Å². The maximum Gasteiger partial charge on any atom is 0.338 e. The first-order valence-electron chi connectivity index (χ1n) is 6.90. The average molecular weight is 333 g/mol. The van der Waals surface area contributed by atoms with Crippen molar-refractivity contribution >= 4 is 23.3 Å². The van der Waals surface area contributed by atoms with Crippen LogP contribution in [0.2, 0.25) is 0 Å². The topological polar surface area (TPSA) is 72.5 Å². The van der Waals surface area contributed by atoms with Gasteiger partial charge in [-0.2, -0.15) is 0 Å². The first kappa shape index (κ1) is 17.3. The van der Waals surface area contributed by atoms with E-state index in [9.17, 15) is 23.2 Å². The van der Waals surface area contributed by atoms with Gasteiger partial charge in [-0.15, -0.1) is 0 Å². The van der Waals surface area contributed by atoms with Crippen LogP contribution in [0.4, 0.5) is 14.5 Å². The molecule has 1 amide bonds. The lowest BCUT2D eigenvalue weighted by atomic mass is 10.1. The maximum absolute atomic E-state index is 13.1. The van der Waals surface area contributed by atoms with Crippen LogP contribution < -0.4 is 5.32 Å². The van der Waals surface area contributed by atoms with Crippen LogP contribution in [0.1, 0.15) is 27.6 Å². The number of Topliss-reactive ketones (excluding diaryl/α,β-unsaturated/α-hetero) is 1. The van der Waals surface area contributed by atoms with Gasteiger partial charge in [0.25, 0.3) is 0 Å². The lowest BCUT2D eigenvalue weighted by Crippen LogP contribution is -2.14. The highest BCUT2D eigenvalue weighted by atomic mass is 19.2. The molecule has 0 radical (unpaired) electrons. The number of carbonyl (C=O) groups is 3. The fraction of sp³-hybridized carbons (Fsp3) is 0.118. The van der Waals surface area contributed by atoms with Crippen LogP contribution >= 0.6 is 0 Å². The van der Waals surface area contributed by atoms with Crippen molar-refractivity contribution in [1.82, 2.24) is 0 Å². The van der Waals surface area contributed by atoms with Gasteiger partial charge in [-0.3, -0.25) is 9.59 Å². The number of hydrogen-bond donors (Lipinski definition) is 1. The zero-order valence-electron chi connectivity index (χ0n) is 12.6. The number of esters is 1. The van der Waals surface area contributed by atoms with Crippen molar-refractivity contribution < 1.29 is 27.9 Å². The van der Waals surface area contributed by atoms with Gasteiger partial charge in [-0.05, 0) is 42.5 Å². The SMILES string of the molecule is CC(=O)Nc1ccc(C(=O)OCC(=O)c2ccc(F)c(F)c2)cc1. The van der Waals surface area contributed by atoms with Crippen LogP contribution in [-0.2, 0) is 9.53 Å². The number of hydrogen-bond acceptors (Lipinski definition) is 4. The number of ketones is 1. The summed E-state index contributed by atoms with van der Waals surface area (Å²) in [6.07, 6.45) is 0. The predicted octanol–water partition coefficient (Wildman–Crippen LogP) is 2.96. The number of nitrogens with one attached hydrogen (secondary N) is 1. The van der Waals surface area contributed by atoms with Crippen molar-refractivity contribution in [3.63, 3.8) is 0 Å². The molecule has 2 aromatic rings. The number of anilines is 1. The number of amides is 1. The molecule has 1 N–H and O–H groups in total. The summed E-state index contributed by atoms with van der Waals surface area (Å²) in [4.78, 5) is 34.5. The lowest BCUT2D eigenvalue weighted by molar-refractivity contribution is -0.114. The van der Waals surface area contributed by atoms with E-state index < -0.39 is 30.0 Å². The van der Waals surface area contributed by atoms with Crippen molar-refractivity contribution in [3.8, 4) is 0 Å². The number of ether oxygens (including phenoxy) is 1. The van der Waals surface area contributed by atoms with Gasteiger partial charge in [-0.1, -0.05) is 0 Å². The van der Waals surface area contributed by atoms with E-state index in [-0.39, 0.29) is 17.0 Å². The normalized spacial score (nSPS) is 10.1. The standard InChI is InChI=1S/C17H13F2NO4/c1-10(21)20-13-5-2-11(3-6-13)17(23)24-9-16(22)12-4-7-14(18)15(19)8-12/h2-8H,9H2,1H3,(H,20,21). The Balaban J connectivity index is 1.95. The molecule has 0 aromatic heterocycles. The molecular formula is C17H13F2NO4. The monoisotopic (exact) mass is 333 g/mol. The first-order chi connectivity index (χ1) is 11.4. The number of halogens is 2. The molecule has 0 aliphatic rings. The molecule has 0 bridgehead atoms. The van der Waals surface area contributed by atoms with Gasteiger partial charge in [0.2, 0.25) is 5.91 Å². The molecule has 0 spiro atoms. The summed E-state index contributed by atoms with van der Waals surface area (Å²) in [5, 5.41) is 2.54. The van der Waals surface area contributed by atoms with Gasteiger partial charge < -0.3 is 10.1 Å².